The quantitative estimate of drug-likeness (QED) is 0.901. The number of amides is 1. The number of carbonyl (C=O) groups is 1. The highest BCUT2D eigenvalue weighted by atomic mass is 79.9. The number of aryl methyl sites for hydroxylation is 1. The molecule has 5 heteroatoms. The number of furan rings is 1. The molecule has 0 fully saturated rings. The number of aliphatic hydroxyl groups excluding tert-OH is 1. The zero-order valence-electron chi connectivity index (χ0n) is 11.3. The fraction of sp³-hybridized carbons (Fsp3) is 0.267. The maximum atomic E-state index is 12.2. The van der Waals surface area contributed by atoms with Gasteiger partial charge in [-0.05, 0) is 43.7 Å². The summed E-state index contributed by atoms with van der Waals surface area (Å²) in [5, 5.41) is 12.5. The van der Waals surface area contributed by atoms with Crippen molar-refractivity contribution in [3.05, 3.63) is 58.0 Å². The smallest absolute Gasteiger partial charge is 0.287 e. The molecule has 1 aromatic carbocycles. The van der Waals surface area contributed by atoms with Crippen molar-refractivity contribution in [1.29, 1.82) is 0 Å². The van der Waals surface area contributed by atoms with E-state index in [0.29, 0.717) is 5.76 Å². The molecule has 0 saturated carbocycles. The van der Waals surface area contributed by atoms with Gasteiger partial charge in [0.05, 0.1) is 12.1 Å². The minimum Gasteiger partial charge on any atom is -0.456 e. The van der Waals surface area contributed by atoms with E-state index in [4.69, 9.17) is 4.42 Å². The van der Waals surface area contributed by atoms with Crippen LogP contribution in [0.2, 0.25) is 0 Å². The SMILES string of the molecule is Cc1ccc(C(=O)NC(C)(CO)c2cccc(Br)c2)o1. The molecule has 0 aliphatic rings. The van der Waals surface area contributed by atoms with Crippen LogP contribution in [0.1, 0.15) is 28.8 Å². The van der Waals surface area contributed by atoms with Crippen LogP contribution in [0.3, 0.4) is 0 Å². The molecular formula is C15H16BrNO3. The molecule has 1 unspecified atom stereocenters. The van der Waals surface area contributed by atoms with Crippen molar-refractivity contribution in [1.82, 2.24) is 5.32 Å². The van der Waals surface area contributed by atoms with Crippen molar-refractivity contribution in [2.24, 2.45) is 0 Å². The van der Waals surface area contributed by atoms with Gasteiger partial charge in [-0.1, -0.05) is 28.1 Å². The normalized spacial score (nSPS) is 13.8. The van der Waals surface area contributed by atoms with Gasteiger partial charge in [0.15, 0.2) is 5.76 Å². The molecular weight excluding hydrogens is 322 g/mol. The molecule has 1 aromatic heterocycles. The zero-order valence-corrected chi connectivity index (χ0v) is 12.9. The fourth-order valence-corrected chi connectivity index (χ4v) is 2.30. The molecule has 0 radical (unpaired) electrons. The van der Waals surface area contributed by atoms with Gasteiger partial charge in [-0.25, -0.2) is 0 Å². The highest BCUT2D eigenvalue weighted by Gasteiger charge is 2.29. The van der Waals surface area contributed by atoms with Crippen LogP contribution in [-0.4, -0.2) is 17.6 Å². The first kappa shape index (κ1) is 14.8. The van der Waals surface area contributed by atoms with E-state index < -0.39 is 5.54 Å². The van der Waals surface area contributed by atoms with Crippen LogP contribution in [0.4, 0.5) is 0 Å². The maximum absolute atomic E-state index is 12.2. The number of hydrogen-bond donors (Lipinski definition) is 2. The Morgan fingerprint density at radius 1 is 1.40 bits per heavy atom. The Morgan fingerprint density at radius 2 is 2.15 bits per heavy atom. The van der Waals surface area contributed by atoms with Gasteiger partial charge in [-0.3, -0.25) is 4.79 Å². The second-order valence-electron chi connectivity index (χ2n) is 4.86. The topological polar surface area (TPSA) is 62.5 Å². The van der Waals surface area contributed by atoms with Crippen LogP contribution in [-0.2, 0) is 5.54 Å². The summed E-state index contributed by atoms with van der Waals surface area (Å²) < 4.78 is 6.18. The predicted octanol–water partition coefficient (Wildman–Crippen LogP) is 2.99. The molecule has 0 aliphatic heterocycles. The summed E-state index contributed by atoms with van der Waals surface area (Å²) in [6.07, 6.45) is 0. The van der Waals surface area contributed by atoms with Gasteiger partial charge in [-0.2, -0.15) is 0 Å². The monoisotopic (exact) mass is 337 g/mol. The van der Waals surface area contributed by atoms with Gasteiger partial charge in [-0.15, -0.1) is 0 Å². The number of hydrogen-bond acceptors (Lipinski definition) is 3. The highest BCUT2D eigenvalue weighted by molar-refractivity contribution is 9.10. The molecule has 106 valence electrons. The average molecular weight is 338 g/mol. The van der Waals surface area contributed by atoms with Gasteiger partial charge < -0.3 is 14.8 Å². The van der Waals surface area contributed by atoms with E-state index in [-0.39, 0.29) is 18.3 Å². The maximum Gasteiger partial charge on any atom is 0.287 e. The summed E-state index contributed by atoms with van der Waals surface area (Å²) in [5.74, 6) is 0.551. The lowest BCUT2D eigenvalue weighted by Crippen LogP contribution is -2.46. The van der Waals surface area contributed by atoms with Crippen LogP contribution in [0, 0.1) is 6.92 Å². The summed E-state index contributed by atoms with van der Waals surface area (Å²) in [4.78, 5) is 12.2. The number of halogens is 1. The lowest BCUT2D eigenvalue weighted by Gasteiger charge is -2.29. The molecule has 1 amide bonds. The van der Waals surface area contributed by atoms with Gasteiger partial charge in [0.25, 0.3) is 5.91 Å². The first-order chi connectivity index (χ1) is 9.44. The molecule has 1 atom stereocenters. The Kier molecular flexibility index (Phi) is 4.30. The van der Waals surface area contributed by atoms with Crippen molar-refractivity contribution >= 4 is 21.8 Å². The molecule has 2 rings (SSSR count). The minimum atomic E-state index is -0.873. The molecule has 2 aromatic rings. The third kappa shape index (κ3) is 3.11. The van der Waals surface area contributed by atoms with E-state index in [1.54, 1.807) is 26.0 Å². The molecule has 0 aliphatic carbocycles. The molecule has 0 saturated heterocycles. The summed E-state index contributed by atoms with van der Waals surface area (Å²) in [5.41, 5.74) is -0.0623. The van der Waals surface area contributed by atoms with Gasteiger partial charge in [0.2, 0.25) is 0 Å². The standard InChI is InChI=1S/C15H16BrNO3/c1-10-6-7-13(20-10)14(19)17-15(2,9-18)11-4-3-5-12(16)8-11/h3-8,18H,9H2,1-2H3,(H,17,19). The fourth-order valence-electron chi connectivity index (χ4n) is 1.90. The summed E-state index contributed by atoms with van der Waals surface area (Å²) in [6, 6.07) is 10.8. The number of nitrogens with one attached hydrogen (secondary N) is 1. The van der Waals surface area contributed by atoms with Gasteiger partial charge in [0.1, 0.15) is 5.76 Å². The molecule has 0 bridgehead atoms. The molecule has 2 N–H and O–H groups in total. The van der Waals surface area contributed by atoms with E-state index in [0.717, 1.165) is 10.0 Å². The molecule has 20 heavy (non-hydrogen) atoms. The Balaban J connectivity index is 2.25. The van der Waals surface area contributed by atoms with Gasteiger partial charge in [0, 0.05) is 4.47 Å². The number of aliphatic hydroxyl groups is 1. The first-order valence-electron chi connectivity index (χ1n) is 6.20. The number of carbonyl (C=O) groups excluding carboxylic acids is 1. The third-order valence-corrected chi connectivity index (χ3v) is 3.62. The predicted molar refractivity (Wildman–Crippen MR) is 79.5 cm³/mol. The van der Waals surface area contributed by atoms with Crippen LogP contribution in [0.5, 0.6) is 0 Å². The second kappa shape index (κ2) is 5.81. The zero-order chi connectivity index (χ0) is 14.8. The Bertz CT molecular complexity index is 623. The van der Waals surface area contributed by atoms with E-state index >= 15 is 0 Å². The first-order valence-corrected chi connectivity index (χ1v) is 7.00. The van der Waals surface area contributed by atoms with E-state index in [9.17, 15) is 9.90 Å². The van der Waals surface area contributed by atoms with Crippen molar-refractivity contribution in [3.8, 4) is 0 Å². The Morgan fingerprint density at radius 3 is 2.70 bits per heavy atom. The van der Waals surface area contributed by atoms with E-state index in [1.165, 1.54) is 0 Å². The summed E-state index contributed by atoms with van der Waals surface area (Å²) >= 11 is 3.39. The van der Waals surface area contributed by atoms with Crippen molar-refractivity contribution in [2.75, 3.05) is 6.61 Å². The van der Waals surface area contributed by atoms with Crippen LogP contribution >= 0.6 is 15.9 Å². The van der Waals surface area contributed by atoms with Crippen molar-refractivity contribution in [3.63, 3.8) is 0 Å². The van der Waals surface area contributed by atoms with E-state index in [1.807, 2.05) is 24.3 Å². The van der Waals surface area contributed by atoms with Crippen LogP contribution < -0.4 is 5.32 Å². The minimum absolute atomic E-state index is 0.213. The van der Waals surface area contributed by atoms with E-state index in [2.05, 4.69) is 21.2 Å². The number of benzene rings is 1. The van der Waals surface area contributed by atoms with Crippen molar-refractivity contribution in [2.45, 2.75) is 19.4 Å². The average Bonchev–Trinajstić information content (AvgIpc) is 2.85. The lowest BCUT2D eigenvalue weighted by atomic mass is 9.93. The molecule has 4 nitrogen and oxygen atoms in total. The summed E-state index contributed by atoms with van der Waals surface area (Å²) in [6.45, 7) is 3.33. The second-order valence-corrected chi connectivity index (χ2v) is 5.78. The van der Waals surface area contributed by atoms with Crippen LogP contribution in [0.15, 0.2) is 45.3 Å². The molecule has 0 spiro atoms. The van der Waals surface area contributed by atoms with Crippen LogP contribution in [0.25, 0.3) is 0 Å². The Hall–Kier alpha value is -1.59. The van der Waals surface area contributed by atoms with Crippen molar-refractivity contribution < 1.29 is 14.3 Å². The highest BCUT2D eigenvalue weighted by Crippen LogP contribution is 2.24. The summed E-state index contributed by atoms with van der Waals surface area (Å²) in [7, 11) is 0. The third-order valence-electron chi connectivity index (χ3n) is 3.13. The van der Waals surface area contributed by atoms with Gasteiger partial charge >= 0.3 is 0 Å². The number of rotatable bonds is 4. The Labute approximate surface area is 125 Å². The molecule has 1 heterocycles. The largest absolute Gasteiger partial charge is 0.456 e. The lowest BCUT2D eigenvalue weighted by molar-refractivity contribution is 0.0820.